The van der Waals surface area contributed by atoms with Gasteiger partial charge in [-0.1, -0.05) is 20.8 Å². The normalized spacial score (nSPS) is 13.3. The van der Waals surface area contributed by atoms with E-state index in [0.717, 1.165) is 0 Å². The lowest BCUT2D eigenvalue weighted by Crippen LogP contribution is -2.37. The number of sulfonamides is 1. The molecule has 1 unspecified atom stereocenters. The second-order valence-electron chi connectivity index (χ2n) is 6.38. The predicted molar refractivity (Wildman–Crippen MR) is 90.3 cm³/mol. The van der Waals surface area contributed by atoms with Gasteiger partial charge in [0.15, 0.2) is 0 Å². The Morgan fingerprint density at radius 2 is 1.96 bits per heavy atom. The van der Waals surface area contributed by atoms with E-state index in [4.69, 9.17) is 0 Å². The van der Waals surface area contributed by atoms with E-state index in [1.54, 1.807) is 30.6 Å². The molecule has 2 heterocycles. The molecule has 124 valence electrons. The van der Waals surface area contributed by atoms with Crippen molar-refractivity contribution in [2.75, 3.05) is 10.0 Å². The van der Waals surface area contributed by atoms with Crippen LogP contribution in [0.5, 0.6) is 0 Å². The van der Waals surface area contributed by atoms with E-state index < -0.39 is 15.4 Å². The van der Waals surface area contributed by atoms with E-state index >= 15 is 0 Å². The summed E-state index contributed by atoms with van der Waals surface area (Å²) in [5.74, 6) is 0.464. The van der Waals surface area contributed by atoms with Crippen molar-refractivity contribution in [3.63, 3.8) is 0 Å². The summed E-state index contributed by atoms with van der Waals surface area (Å²) >= 11 is 0. The molecule has 0 saturated heterocycles. The fraction of sp³-hybridized carbons (Fsp3) is 0.400. The van der Waals surface area contributed by atoms with Crippen LogP contribution in [0.4, 0.5) is 11.5 Å². The summed E-state index contributed by atoms with van der Waals surface area (Å²) in [6.07, 6.45) is 6.40. The minimum Gasteiger partial charge on any atom is -0.352 e. The molecule has 0 amide bonds. The number of rotatable bonds is 6. The highest BCUT2D eigenvalue weighted by Crippen LogP contribution is 2.26. The van der Waals surface area contributed by atoms with Crippen LogP contribution < -0.4 is 10.0 Å². The van der Waals surface area contributed by atoms with Gasteiger partial charge in [-0.15, -0.1) is 0 Å². The Hall–Kier alpha value is -2.22. The molecule has 7 nitrogen and oxygen atoms in total. The zero-order valence-corrected chi connectivity index (χ0v) is 14.2. The summed E-state index contributed by atoms with van der Waals surface area (Å²) in [6.45, 7) is 5.96. The number of hydrogen-bond donors (Lipinski definition) is 2. The molecule has 0 radical (unpaired) electrons. The van der Waals surface area contributed by atoms with Crippen LogP contribution in [0, 0.1) is 5.41 Å². The fourth-order valence-corrected chi connectivity index (χ4v) is 3.58. The second kappa shape index (κ2) is 6.91. The Kier molecular flexibility index (Phi) is 5.15. The summed E-state index contributed by atoms with van der Waals surface area (Å²) in [4.78, 5) is 11.8. The van der Waals surface area contributed by atoms with Gasteiger partial charge >= 0.3 is 0 Å². The van der Waals surface area contributed by atoms with Gasteiger partial charge in [0, 0.05) is 12.4 Å². The Morgan fingerprint density at radius 1 is 1.17 bits per heavy atom. The first-order valence-electron chi connectivity index (χ1n) is 7.20. The van der Waals surface area contributed by atoms with Crippen molar-refractivity contribution in [1.29, 1.82) is 0 Å². The van der Waals surface area contributed by atoms with E-state index in [2.05, 4.69) is 25.0 Å². The third-order valence-electron chi connectivity index (χ3n) is 2.98. The molecule has 0 bridgehead atoms. The number of anilines is 2. The molecule has 0 aliphatic carbocycles. The summed E-state index contributed by atoms with van der Waals surface area (Å²) < 4.78 is 28.0. The maximum Gasteiger partial charge on any atom is 0.253 e. The Labute approximate surface area is 136 Å². The van der Waals surface area contributed by atoms with E-state index in [1.807, 2.05) is 20.8 Å². The van der Waals surface area contributed by atoms with Crippen LogP contribution in [0.2, 0.25) is 0 Å². The Morgan fingerprint density at radius 3 is 2.52 bits per heavy atom. The van der Waals surface area contributed by atoms with E-state index in [-0.39, 0.29) is 5.41 Å². The van der Waals surface area contributed by atoms with Gasteiger partial charge in [-0.3, -0.25) is 9.71 Å². The van der Waals surface area contributed by atoms with Gasteiger partial charge in [0.05, 0.1) is 11.9 Å². The van der Waals surface area contributed by atoms with Gasteiger partial charge in [0.1, 0.15) is 17.5 Å². The first-order chi connectivity index (χ1) is 10.8. The molecular weight excluding hydrogens is 314 g/mol. The minimum atomic E-state index is -3.67. The maximum atomic E-state index is 12.7. The molecule has 23 heavy (non-hydrogen) atoms. The molecule has 2 rings (SSSR count). The van der Waals surface area contributed by atoms with Crippen molar-refractivity contribution in [2.24, 2.45) is 5.41 Å². The molecule has 0 aromatic carbocycles. The monoisotopic (exact) mass is 335 g/mol. The molecule has 8 heteroatoms. The quantitative estimate of drug-likeness (QED) is 0.842. The highest BCUT2D eigenvalue weighted by atomic mass is 32.2. The lowest BCUT2D eigenvalue weighted by molar-refractivity contribution is 0.374. The van der Waals surface area contributed by atoms with Crippen molar-refractivity contribution >= 4 is 21.5 Å². The topological polar surface area (TPSA) is 96.9 Å². The first kappa shape index (κ1) is 17.1. The van der Waals surface area contributed by atoms with Crippen LogP contribution in [0.15, 0.2) is 43.1 Å². The number of nitrogens with zero attached hydrogens (tertiary/aromatic N) is 3. The molecule has 0 spiro atoms. The summed E-state index contributed by atoms with van der Waals surface area (Å²) in [6, 6.07) is 4.97. The molecule has 2 aromatic rings. The van der Waals surface area contributed by atoms with Crippen molar-refractivity contribution < 1.29 is 8.42 Å². The molecule has 0 saturated carbocycles. The maximum absolute atomic E-state index is 12.7. The van der Waals surface area contributed by atoms with Crippen molar-refractivity contribution in [1.82, 2.24) is 15.0 Å². The summed E-state index contributed by atoms with van der Waals surface area (Å²) in [5, 5.41) is 2.14. The van der Waals surface area contributed by atoms with Crippen molar-refractivity contribution in [3.8, 4) is 0 Å². The van der Waals surface area contributed by atoms with Crippen molar-refractivity contribution in [2.45, 2.75) is 32.6 Å². The number of nitrogens with one attached hydrogen (secondary N) is 2. The fourth-order valence-electron chi connectivity index (χ4n) is 1.99. The summed E-state index contributed by atoms with van der Waals surface area (Å²) in [5.41, 5.74) is 0.241. The highest BCUT2D eigenvalue weighted by molar-refractivity contribution is 7.93. The van der Waals surface area contributed by atoms with Gasteiger partial charge in [-0.25, -0.2) is 18.4 Å². The third kappa shape index (κ3) is 5.48. The average Bonchev–Trinajstić information content (AvgIpc) is 2.47. The zero-order chi connectivity index (χ0) is 16.9. The number of hydrogen-bond acceptors (Lipinski definition) is 6. The standard InChI is InChI=1S/C15H21N5O2S/c1-15(2,3)9-14(19-13-6-8-17-11-18-13)23(21,22)20-12-5-4-7-16-10-12/h4-8,10-11,14,20H,9H2,1-3H3,(H,17,18,19). The van der Waals surface area contributed by atoms with E-state index in [1.165, 1.54) is 12.5 Å². The molecule has 0 aliphatic heterocycles. The van der Waals surface area contributed by atoms with Crippen LogP contribution in [-0.4, -0.2) is 28.7 Å². The highest BCUT2D eigenvalue weighted by Gasteiger charge is 2.30. The number of aromatic nitrogens is 3. The van der Waals surface area contributed by atoms with Crippen LogP contribution in [0.25, 0.3) is 0 Å². The van der Waals surface area contributed by atoms with Gasteiger partial charge in [0.2, 0.25) is 0 Å². The predicted octanol–water partition coefficient (Wildman–Crippen LogP) is 2.49. The molecular formula is C15H21N5O2S. The van der Waals surface area contributed by atoms with Gasteiger partial charge in [0.25, 0.3) is 10.0 Å². The third-order valence-corrected chi connectivity index (χ3v) is 4.54. The van der Waals surface area contributed by atoms with E-state index in [0.29, 0.717) is 17.9 Å². The van der Waals surface area contributed by atoms with Crippen LogP contribution in [-0.2, 0) is 10.0 Å². The van der Waals surface area contributed by atoms with Crippen LogP contribution >= 0.6 is 0 Å². The van der Waals surface area contributed by atoms with Crippen LogP contribution in [0.1, 0.15) is 27.2 Å². The zero-order valence-electron chi connectivity index (χ0n) is 13.4. The average molecular weight is 335 g/mol. The second-order valence-corrected chi connectivity index (χ2v) is 8.24. The molecule has 1 atom stereocenters. The molecule has 0 fully saturated rings. The summed E-state index contributed by atoms with van der Waals surface area (Å²) in [7, 11) is -3.67. The Bertz CT molecular complexity index is 715. The molecule has 2 aromatic heterocycles. The SMILES string of the molecule is CC(C)(C)CC(Nc1ccncn1)S(=O)(=O)Nc1cccnc1. The van der Waals surface area contributed by atoms with Gasteiger partial charge in [-0.2, -0.15) is 0 Å². The lowest BCUT2D eigenvalue weighted by atomic mass is 9.92. The van der Waals surface area contributed by atoms with Crippen molar-refractivity contribution in [3.05, 3.63) is 43.1 Å². The van der Waals surface area contributed by atoms with Gasteiger partial charge in [-0.05, 0) is 30.0 Å². The smallest absolute Gasteiger partial charge is 0.253 e. The van der Waals surface area contributed by atoms with E-state index in [9.17, 15) is 8.42 Å². The van der Waals surface area contributed by atoms with Gasteiger partial charge < -0.3 is 5.32 Å². The first-order valence-corrected chi connectivity index (χ1v) is 8.75. The molecule has 2 N–H and O–H groups in total. The lowest BCUT2D eigenvalue weighted by Gasteiger charge is -2.27. The largest absolute Gasteiger partial charge is 0.352 e. The van der Waals surface area contributed by atoms with Crippen LogP contribution in [0.3, 0.4) is 0 Å². The number of pyridine rings is 1. The molecule has 0 aliphatic rings. The Balaban J connectivity index is 2.24. The minimum absolute atomic E-state index is 0.186.